The van der Waals surface area contributed by atoms with E-state index in [-0.39, 0.29) is 25.2 Å². The summed E-state index contributed by atoms with van der Waals surface area (Å²) >= 11 is 0. The molecular formula is C11H15NO3. The normalized spacial score (nSPS) is 12.1. The highest BCUT2D eigenvalue weighted by Gasteiger charge is 2.11. The van der Waals surface area contributed by atoms with Gasteiger partial charge in [0, 0.05) is 12.2 Å². The largest absolute Gasteiger partial charge is 0.396 e. The van der Waals surface area contributed by atoms with Gasteiger partial charge in [-0.05, 0) is 18.6 Å². The number of rotatable bonds is 5. The zero-order chi connectivity index (χ0) is 11.1. The highest BCUT2D eigenvalue weighted by molar-refractivity contribution is 5.94. The lowest BCUT2D eigenvalue weighted by Gasteiger charge is -2.14. The number of aliphatic hydroxyl groups excluding tert-OH is 2. The van der Waals surface area contributed by atoms with Crippen LogP contribution in [0, 0.1) is 0 Å². The van der Waals surface area contributed by atoms with Crippen molar-refractivity contribution in [2.45, 2.75) is 12.5 Å². The van der Waals surface area contributed by atoms with Crippen LogP contribution in [0.4, 0.5) is 0 Å². The topological polar surface area (TPSA) is 69.6 Å². The molecule has 0 saturated carbocycles. The molecule has 4 nitrogen and oxygen atoms in total. The summed E-state index contributed by atoms with van der Waals surface area (Å²) in [6.07, 6.45) is 0.356. The highest BCUT2D eigenvalue weighted by atomic mass is 16.3. The smallest absolute Gasteiger partial charge is 0.251 e. The molecule has 0 saturated heterocycles. The maximum absolute atomic E-state index is 11.6. The fourth-order valence-electron chi connectivity index (χ4n) is 1.22. The SMILES string of the molecule is O=C(N[C@H](CO)CCO)c1ccccc1. The lowest BCUT2D eigenvalue weighted by molar-refractivity contribution is 0.0904. The van der Waals surface area contributed by atoms with Crippen molar-refractivity contribution in [2.75, 3.05) is 13.2 Å². The second kappa shape index (κ2) is 6.16. The summed E-state index contributed by atoms with van der Waals surface area (Å²) in [7, 11) is 0. The first-order valence-electron chi connectivity index (χ1n) is 4.85. The van der Waals surface area contributed by atoms with Crippen LogP contribution in [0.1, 0.15) is 16.8 Å². The van der Waals surface area contributed by atoms with E-state index in [0.717, 1.165) is 0 Å². The van der Waals surface area contributed by atoms with Gasteiger partial charge >= 0.3 is 0 Å². The summed E-state index contributed by atoms with van der Waals surface area (Å²) in [5.74, 6) is -0.233. The molecule has 0 aromatic heterocycles. The second-order valence-corrected chi connectivity index (χ2v) is 3.23. The van der Waals surface area contributed by atoms with Crippen LogP contribution in [0.15, 0.2) is 30.3 Å². The van der Waals surface area contributed by atoms with Crippen LogP contribution in [0.3, 0.4) is 0 Å². The van der Waals surface area contributed by atoms with Crippen molar-refractivity contribution in [3.63, 3.8) is 0 Å². The number of benzene rings is 1. The molecule has 15 heavy (non-hydrogen) atoms. The van der Waals surface area contributed by atoms with Gasteiger partial charge in [-0.2, -0.15) is 0 Å². The number of carbonyl (C=O) groups is 1. The quantitative estimate of drug-likeness (QED) is 0.647. The first-order chi connectivity index (χ1) is 7.27. The van der Waals surface area contributed by atoms with E-state index in [0.29, 0.717) is 12.0 Å². The fourth-order valence-corrected chi connectivity index (χ4v) is 1.22. The van der Waals surface area contributed by atoms with Crippen LogP contribution < -0.4 is 5.32 Å². The molecule has 0 radical (unpaired) electrons. The molecule has 0 aliphatic heterocycles. The minimum absolute atomic E-state index is 0.0553. The second-order valence-electron chi connectivity index (χ2n) is 3.23. The molecule has 1 aromatic carbocycles. The number of hydrogen-bond donors (Lipinski definition) is 3. The Hall–Kier alpha value is -1.39. The molecule has 82 valence electrons. The molecule has 0 fully saturated rings. The molecule has 0 unspecified atom stereocenters. The Balaban J connectivity index is 2.55. The molecular weight excluding hydrogens is 194 g/mol. The average molecular weight is 209 g/mol. The Morgan fingerprint density at radius 1 is 1.27 bits per heavy atom. The zero-order valence-corrected chi connectivity index (χ0v) is 8.39. The van der Waals surface area contributed by atoms with E-state index in [1.165, 1.54) is 0 Å². The van der Waals surface area contributed by atoms with Gasteiger partial charge in [0.25, 0.3) is 5.91 Å². The van der Waals surface area contributed by atoms with E-state index < -0.39 is 0 Å². The Morgan fingerprint density at radius 3 is 2.47 bits per heavy atom. The zero-order valence-electron chi connectivity index (χ0n) is 8.39. The Morgan fingerprint density at radius 2 is 1.93 bits per heavy atom. The molecule has 1 atom stereocenters. The van der Waals surface area contributed by atoms with Crippen LogP contribution in [0.2, 0.25) is 0 Å². The van der Waals surface area contributed by atoms with Gasteiger partial charge in [-0.25, -0.2) is 0 Å². The molecule has 1 amide bonds. The summed E-state index contributed by atoms with van der Waals surface area (Å²) in [5, 5.41) is 20.3. The lowest BCUT2D eigenvalue weighted by atomic mass is 10.2. The number of aliphatic hydroxyl groups is 2. The molecule has 0 aliphatic rings. The van der Waals surface area contributed by atoms with E-state index in [1.807, 2.05) is 6.07 Å². The van der Waals surface area contributed by atoms with E-state index in [2.05, 4.69) is 5.32 Å². The van der Waals surface area contributed by atoms with Gasteiger partial charge < -0.3 is 15.5 Å². The van der Waals surface area contributed by atoms with Crippen molar-refractivity contribution in [1.29, 1.82) is 0 Å². The maximum atomic E-state index is 11.6. The Kier molecular flexibility index (Phi) is 4.80. The van der Waals surface area contributed by atoms with Gasteiger partial charge in [-0.3, -0.25) is 4.79 Å². The van der Waals surface area contributed by atoms with Gasteiger partial charge in [0.2, 0.25) is 0 Å². The van der Waals surface area contributed by atoms with E-state index >= 15 is 0 Å². The monoisotopic (exact) mass is 209 g/mol. The predicted molar refractivity (Wildman–Crippen MR) is 56.5 cm³/mol. The van der Waals surface area contributed by atoms with Crippen LogP contribution >= 0.6 is 0 Å². The number of carbonyl (C=O) groups excluding carboxylic acids is 1. The maximum Gasteiger partial charge on any atom is 0.251 e. The molecule has 1 rings (SSSR count). The predicted octanol–water partition coefficient (Wildman–Crippen LogP) is 0.160. The van der Waals surface area contributed by atoms with Crippen molar-refractivity contribution in [3.05, 3.63) is 35.9 Å². The third-order valence-electron chi connectivity index (χ3n) is 2.07. The van der Waals surface area contributed by atoms with E-state index in [9.17, 15) is 4.79 Å². The van der Waals surface area contributed by atoms with E-state index in [4.69, 9.17) is 10.2 Å². The molecule has 1 aromatic rings. The van der Waals surface area contributed by atoms with Crippen molar-refractivity contribution >= 4 is 5.91 Å². The first kappa shape index (κ1) is 11.7. The van der Waals surface area contributed by atoms with Crippen LogP contribution in [0.5, 0.6) is 0 Å². The van der Waals surface area contributed by atoms with Crippen LogP contribution in [-0.4, -0.2) is 35.4 Å². The standard InChI is InChI=1S/C11H15NO3/c13-7-6-10(8-14)12-11(15)9-4-2-1-3-5-9/h1-5,10,13-14H,6-8H2,(H,12,15)/t10-/m0/s1. The Labute approximate surface area is 88.6 Å². The molecule has 0 spiro atoms. The van der Waals surface area contributed by atoms with Crippen molar-refractivity contribution < 1.29 is 15.0 Å². The van der Waals surface area contributed by atoms with Gasteiger partial charge in [-0.15, -0.1) is 0 Å². The first-order valence-corrected chi connectivity index (χ1v) is 4.85. The van der Waals surface area contributed by atoms with Crippen LogP contribution in [-0.2, 0) is 0 Å². The third-order valence-corrected chi connectivity index (χ3v) is 2.07. The molecule has 0 heterocycles. The summed E-state index contributed by atoms with van der Waals surface area (Å²) in [6.45, 7) is -0.223. The third kappa shape index (κ3) is 3.69. The summed E-state index contributed by atoms with van der Waals surface area (Å²) in [5.41, 5.74) is 0.550. The van der Waals surface area contributed by atoms with Gasteiger partial charge in [0.1, 0.15) is 0 Å². The molecule has 0 aliphatic carbocycles. The van der Waals surface area contributed by atoms with Gasteiger partial charge in [0.05, 0.1) is 12.6 Å². The number of amides is 1. The van der Waals surface area contributed by atoms with Crippen LogP contribution in [0.25, 0.3) is 0 Å². The van der Waals surface area contributed by atoms with E-state index in [1.54, 1.807) is 24.3 Å². The van der Waals surface area contributed by atoms with Gasteiger partial charge in [0.15, 0.2) is 0 Å². The minimum Gasteiger partial charge on any atom is -0.396 e. The highest BCUT2D eigenvalue weighted by Crippen LogP contribution is 1.99. The van der Waals surface area contributed by atoms with Gasteiger partial charge in [-0.1, -0.05) is 18.2 Å². The lowest BCUT2D eigenvalue weighted by Crippen LogP contribution is -2.38. The molecule has 4 heteroatoms. The Bertz CT molecular complexity index is 300. The number of nitrogens with one attached hydrogen (secondary N) is 1. The fraction of sp³-hybridized carbons (Fsp3) is 0.364. The summed E-state index contributed by atoms with van der Waals surface area (Å²) in [4.78, 5) is 11.6. The summed E-state index contributed by atoms with van der Waals surface area (Å²) < 4.78 is 0. The minimum atomic E-state index is -0.386. The van der Waals surface area contributed by atoms with Crippen molar-refractivity contribution in [2.24, 2.45) is 0 Å². The van der Waals surface area contributed by atoms with Crippen molar-refractivity contribution in [3.8, 4) is 0 Å². The molecule has 3 N–H and O–H groups in total. The van der Waals surface area contributed by atoms with Crippen molar-refractivity contribution in [1.82, 2.24) is 5.32 Å². The molecule has 0 bridgehead atoms. The number of hydrogen-bond acceptors (Lipinski definition) is 3. The average Bonchev–Trinajstić information content (AvgIpc) is 2.29. The summed E-state index contributed by atoms with van der Waals surface area (Å²) in [6, 6.07) is 8.38.